The van der Waals surface area contributed by atoms with Crippen LogP contribution in [0.4, 0.5) is 0 Å². The molecule has 1 atom stereocenters. The highest BCUT2D eigenvalue weighted by molar-refractivity contribution is 7.89. The summed E-state index contributed by atoms with van der Waals surface area (Å²) in [6, 6.07) is 2.76. The number of hydrogen-bond acceptors (Lipinski definition) is 4. The molecule has 0 aromatic heterocycles. The molecule has 0 aliphatic heterocycles. The second kappa shape index (κ2) is 6.33. The molecule has 0 spiro atoms. The van der Waals surface area contributed by atoms with Crippen LogP contribution in [0.15, 0.2) is 23.1 Å². The Bertz CT molecular complexity index is 568. The number of aliphatic hydroxyl groups excluding tert-OH is 1. The van der Waals surface area contributed by atoms with Crippen LogP contribution in [0.2, 0.25) is 5.02 Å². The summed E-state index contributed by atoms with van der Waals surface area (Å²) in [4.78, 5) is 10.5. The van der Waals surface area contributed by atoms with E-state index in [1.807, 2.05) is 0 Å². The van der Waals surface area contributed by atoms with Gasteiger partial charge in [-0.15, -0.1) is 0 Å². The lowest BCUT2D eigenvalue weighted by Crippen LogP contribution is -2.37. The topological polar surface area (TPSA) is 104 Å². The van der Waals surface area contributed by atoms with Gasteiger partial charge < -0.3 is 10.2 Å². The number of aromatic carboxylic acids is 1. The predicted octanol–water partition coefficient (Wildman–Crippen LogP) is 1.09. The lowest BCUT2D eigenvalue weighted by Gasteiger charge is -2.15. The normalized spacial score (nSPS) is 13.2. The Morgan fingerprint density at radius 1 is 1.47 bits per heavy atom. The molecular formula is C11H14ClNO5S. The van der Waals surface area contributed by atoms with E-state index in [2.05, 4.69) is 4.72 Å². The summed E-state index contributed by atoms with van der Waals surface area (Å²) >= 11 is 5.78. The summed E-state index contributed by atoms with van der Waals surface area (Å²) in [7, 11) is -3.98. The largest absolute Gasteiger partial charge is 0.478 e. The lowest BCUT2D eigenvalue weighted by atomic mass is 10.2. The quantitative estimate of drug-likeness (QED) is 0.730. The first-order valence-electron chi connectivity index (χ1n) is 5.47. The van der Waals surface area contributed by atoms with Crippen molar-refractivity contribution >= 4 is 27.6 Å². The van der Waals surface area contributed by atoms with Crippen molar-refractivity contribution in [1.82, 2.24) is 4.72 Å². The molecule has 1 aromatic rings. The van der Waals surface area contributed by atoms with Gasteiger partial charge in [-0.2, -0.15) is 0 Å². The SMILES string of the molecule is CCC(CO)NS(=O)(=O)c1cc(C(=O)O)ccc1Cl. The van der Waals surface area contributed by atoms with Crippen molar-refractivity contribution in [1.29, 1.82) is 0 Å². The number of carbonyl (C=O) groups is 1. The molecule has 19 heavy (non-hydrogen) atoms. The van der Waals surface area contributed by atoms with Crippen molar-refractivity contribution in [2.45, 2.75) is 24.3 Å². The van der Waals surface area contributed by atoms with Crippen LogP contribution in [-0.2, 0) is 10.0 Å². The Balaban J connectivity index is 3.20. The maximum atomic E-state index is 12.1. The van der Waals surface area contributed by atoms with E-state index in [0.29, 0.717) is 6.42 Å². The van der Waals surface area contributed by atoms with Crippen LogP contribution in [0.1, 0.15) is 23.7 Å². The number of carboxylic acid groups (broad SMARTS) is 1. The molecule has 0 saturated heterocycles. The zero-order chi connectivity index (χ0) is 14.6. The molecule has 0 aliphatic carbocycles. The van der Waals surface area contributed by atoms with Gasteiger partial charge in [0.25, 0.3) is 0 Å². The second-order valence-corrected chi connectivity index (χ2v) is 5.95. The Kier molecular flexibility index (Phi) is 5.30. The minimum atomic E-state index is -3.98. The Morgan fingerprint density at radius 3 is 2.58 bits per heavy atom. The van der Waals surface area contributed by atoms with Gasteiger partial charge >= 0.3 is 5.97 Å². The van der Waals surface area contributed by atoms with Crippen LogP contribution in [0, 0.1) is 0 Å². The fourth-order valence-corrected chi connectivity index (χ4v) is 3.21. The van der Waals surface area contributed by atoms with E-state index in [9.17, 15) is 13.2 Å². The van der Waals surface area contributed by atoms with E-state index in [0.717, 1.165) is 6.07 Å². The summed E-state index contributed by atoms with van der Waals surface area (Å²) in [6.07, 6.45) is 0.395. The van der Waals surface area contributed by atoms with Crippen LogP contribution in [0.3, 0.4) is 0 Å². The Labute approximate surface area is 116 Å². The number of hydrogen-bond donors (Lipinski definition) is 3. The van der Waals surface area contributed by atoms with E-state index in [4.69, 9.17) is 21.8 Å². The third-order valence-electron chi connectivity index (χ3n) is 2.50. The third-order valence-corrected chi connectivity index (χ3v) is 4.50. The van der Waals surface area contributed by atoms with Crippen molar-refractivity contribution in [3.05, 3.63) is 28.8 Å². The lowest BCUT2D eigenvalue weighted by molar-refractivity contribution is 0.0696. The molecule has 0 radical (unpaired) electrons. The molecule has 0 bridgehead atoms. The zero-order valence-corrected chi connectivity index (χ0v) is 11.7. The molecule has 1 aromatic carbocycles. The summed E-state index contributed by atoms with van der Waals surface area (Å²) in [6.45, 7) is 1.35. The van der Waals surface area contributed by atoms with Crippen molar-refractivity contribution in [2.24, 2.45) is 0 Å². The molecule has 1 rings (SSSR count). The molecule has 0 amide bonds. The van der Waals surface area contributed by atoms with Gasteiger partial charge in [-0.05, 0) is 24.6 Å². The second-order valence-electron chi connectivity index (χ2n) is 3.86. The zero-order valence-electron chi connectivity index (χ0n) is 10.1. The highest BCUT2D eigenvalue weighted by Crippen LogP contribution is 2.23. The van der Waals surface area contributed by atoms with Crippen molar-refractivity contribution in [3.63, 3.8) is 0 Å². The number of nitrogens with one attached hydrogen (secondary N) is 1. The average Bonchev–Trinajstić information content (AvgIpc) is 2.35. The minimum absolute atomic E-state index is 0.0784. The number of sulfonamides is 1. The number of carboxylic acids is 1. The number of rotatable bonds is 6. The molecule has 6 nitrogen and oxygen atoms in total. The van der Waals surface area contributed by atoms with Gasteiger partial charge in [-0.25, -0.2) is 17.9 Å². The minimum Gasteiger partial charge on any atom is -0.478 e. The highest BCUT2D eigenvalue weighted by atomic mass is 35.5. The Hall–Kier alpha value is -1.15. The summed E-state index contributed by atoms with van der Waals surface area (Å²) in [5.74, 6) is -1.25. The summed E-state index contributed by atoms with van der Waals surface area (Å²) in [5, 5.41) is 17.8. The maximum Gasteiger partial charge on any atom is 0.335 e. The molecule has 0 aliphatic rings. The van der Waals surface area contributed by atoms with Crippen LogP contribution in [0.5, 0.6) is 0 Å². The van der Waals surface area contributed by atoms with E-state index in [-0.39, 0.29) is 22.1 Å². The fourth-order valence-electron chi connectivity index (χ4n) is 1.37. The number of aliphatic hydroxyl groups is 1. The van der Waals surface area contributed by atoms with Gasteiger partial charge in [-0.3, -0.25) is 0 Å². The highest BCUT2D eigenvalue weighted by Gasteiger charge is 2.22. The van der Waals surface area contributed by atoms with Gasteiger partial charge in [0, 0.05) is 6.04 Å². The van der Waals surface area contributed by atoms with E-state index in [1.54, 1.807) is 6.92 Å². The number of benzene rings is 1. The van der Waals surface area contributed by atoms with Crippen molar-refractivity contribution in [3.8, 4) is 0 Å². The third kappa shape index (κ3) is 3.90. The van der Waals surface area contributed by atoms with Crippen molar-refractivity contribution < 1.29 is 23.4 Å². The number of halogens is 1. The standard InChI is InChI=1S/C11H14ClNO5S/c1-2-8(6-14)13-19(17,18)10-5-7(11(15)16)3-4-9(10)12/h3-5,8,13-14H,2,6H2,1H3,(H,15,16). The monoisotopic (exact) mass is 307 g/mol. The van der Waals surface area contributed by atoms with Gasteiger partial charge in [0.1, 0.15) is 4.90 Å². The first-order chi connectivity index (χ1) is 8.81. The molecule has 8 heteroatoms. The predicted molar refractivity (Wildman–Crippen MR) is 69.9 cm³/mol. The molecule has 0 fully saturated rings. The summed E-state index contributed by atoms with van der Waals surface area (Å²) in [5.41, 5.74) is -0.179. The maximum absolute atomic E-state index is 12.1. The first kappa shape index (κ1) is 15.9. The van der Waals surface area contributed by atoms with Crippen LogP contribution in [0.25, 0.3) is 0 Å². The van der Waals surface area contributed by atoms with E-state index < -0.39 is 22.0 Å². The summed E-state index contributed by atoms with van der Waals surface area (Å²) < 4.78 is 26.4. The molecular weight excluding hydrogens is 294 g/mol. The fraction of sp³-hybridized carbons (Fsp3) is 0.364. The first-order valence-corrected chi connectivity index (χ1v) is 7.34. The van der Waals surface area contributed by atoms with Crippen LogP contribution < -0.4 is 4.72 Å². The van der Waals surface area contributed by atoms with E-state index in [1.165, 1.54) is 12.1 Å². The smallest absolute Gasteiger partial charge is 0.335 e. The van der Waals surface area contributed by atoms with Gasteiger partial charge in [0.05, 0.1) is 17.2 Å². The van der Waals surface area contributed by atoms with Gasteiger partial charge in [0.15, 0.2) is 0 Å². The van der Waals surface area contributed by atoms with E-state index >= 15 is 0 Å². The molecule has 106 valence electrons. The molecule has 0 heterocycles. The van der Waals surface area contributed by atoms with Gasteiger partial charge in [-0.1, -0.05) is 18.5 Å². The Morgan fingerprint density at radius 2 is 2.11 bits per heavy atom. The van der Waals surface area contributed by atoms with Crippen LogP contribution >= 0.6 is 11.6 Å². The molecule has 3 N–H and O–H groups in total. The molecule has 1 unspecified atom stereocenters. The van der Waals surface area contributed by atoms with Gasteiger partial charge in [0.2, 0.25) is 10.0 Å². The van der Waals surface area contributed by atoms with Crippen molar-refractivity contribution in [2.75, 3.05) is 6.61 Å². The van der Waals surface area contributed by atoms with Crippen LogP contribution in [-0.4, -0.2) is 37.2 Å². The average molecular weight is 308 g/mol. The molecule has 0 saturated carbocycles.